The van der Waals surface area contributed by atoms with Crippen LogP contribution in [0.25, 0.3) is 0 Å². The van der Waals surface area contributed by atoms with Crippen LogP contribution in [0.4, 0.5) is 4.39 Å². The van der Waals surface area contributed by atoms with E-state index in [2.05, 4.69) is 5.32 Å². The molecule has 23 heavy (non-hydrogen) atoms. The van der Waals surface area contributed by atoms with Gasteiger partial charge in [0, 0.05) is 12.8 Å². The third-order valence-electron chi connectivity index (χ3n) is 3.49. The molecular formula is C18H19FN2O2. The van der Waals surface area contributed by atoms with Crippen molar-refractivity contribution in [2.24, 2.45) is 5.73 Å². The van der Waals surface area contributed by atoms with Crippen molar-refractivity contribution in [2.75, 3.05) is 0 Å². The highest BCUT2D eigenvalue weighted by atomic mass is 19.1. The number of benzene rings is 2. The monoisotopic (exact) mass is 314 g/mol. The molecule has 0 spiro atoms. The molecule has 0 heterocycles. The number of rotatable bonds is 7. The number of nitrogens with two attached hydrogens (primary N) is 1. The van der Waals surface area contributed by atoms with Gasteiger partial charge in [-0.05, 0) is 29.7 Å². The van der Waals surface area contributed by atoms with Gasteiger partial charge in [0.2, 0.25) is 11.8 Å². The molecule has 0 aliphatic heterocycles. The van der Waals surface area contributed by atoms with Crippen molar-refractivity contribution in [3.05, 3.63) is 71.5 Å². The van der Waals surface area contributed by atoms with E-state index in [9.17, 15) is 14.0 Å². The highest BCUT2D eigenvalue weighted by molar-refractivity contribution is 5.86. The van der Waals surface area contributed by atoms with Crippen LogP contribution in [-0.4, -0.2) is 17.9 Å². The second-order valence-corrected chi connectivity index (χ2v) is 5.34. The van der Waals surface area contributed by atoms with E-state index in [4.69, 9.17) is 5.73 Å². The first-order valence-electron chi connectivity index (χ1n) is 7.41. The number of carbonyl (C=O) groups is 2. The third-order valence-corrected chi connectivity index (χ3v) is 3.49. The fraction of sp³-hybridized carbons (Fsp3) is 0.222. The van der Waals surface area contributed by atoms with Gasteiger partial charge in [-0.3, -0.25) is 9.59 Å². The normalized spacial score (nSPS) is 11.7. The first-order valence-corrected chi connectivity index (χ1v) is 7.41. The van der Waals surface area contributed by atoms with Crippen molar-refractivity contribution in [3.8, 4) is 0 Å². The zero-order valence-electron chi connectivity index (χ0n) is 12.7. The first kappa shape index (κ1) is 16.7. The Kier molecular flexibility index (Phi) is 5.86. The minimum Gasteiger partial charge on any atom is -0.368 e. The molecule has 0 aromatic heterocycles. The molecule has 2 aromatic carbocycles. The summed E-state index contributed by atoms with van der Waals surface area (Å²) >= 11 is 0. The molecule has 0 bridgehead atoms. The average Bonchev–Trinajstić information content (AvgIpc) is 2.53. The number of hydrogen-bond acceptors (Lipinski definition) is 2. The van der Waals surface area contributed by atoms with E-state index in [-0.39, 0.29) is 24.6 Å². The number of carbonyl (C=O) groups excluding carboxylic acids is 2. The summed E-state index contributed by atoms with van der Waals surface area (Å²) in [6, 6.07) is 14.6. The van der Waals surface area contributed by atoms with Gasteiger partial charge in [-0.25, -0.2) is 4.39 Å². The van der Waals surface area contributed by atoms with Crippen molar-refractivity contribution in [2.45, 2.75) is 25.3 Å². The van der Waals surface area contributed by atoms with Gasteiger partial charge in [-0.1, -0.05) is 42.5 Å². The first-order chi connectivity index (χ1) is 11.0. The molecule has 0 fully saturated rings. The van der Waals surface area contributed by atoms with Gasteiger partial charge in [0.1, 0.15) is 11.9 Å². The van der Waals surface area contributed by atoms with Crippen molar-refractivity contribution in [1.29, 1.82) is 0 Å². The number of nitrogens with one attached hydrogen (secondary N) is 1. The quantitative estimate of drug-likeness (QED) is 0.820. The van der Waals surface area contributed by atoms with E-state index in [0.717, 1.165) is 5.56 Å². The van der Waals surface area contributed by atoms with E-state index < -0.39 is 11.9 Å². The summed E-state index contributed by atoms with van der Waals surface area (Å²) in [5, 5.41) is 2.62. The molecular weight excluding hydrogens is 295 g/mol. The Morgan fingerprint density at radius 3 is 2.39 bits per heavy atom. The lowest BCUT2D eigenvalue weighted by Crippen LogP contribution is -2.45. The number of hydrogen-bond donors (Lipinski definition) is 2. The van der Waals surface area contributed by atoms with Crippen LogP contribution in [0.15, 0.2) is 54.6 Å². The fourth-order valence-electron chi connectivity index (χ4n) is 2.29. The van der Waals surface area contributed by atoms with Crippen molar-refractivity contribution in [1.82, 2.24) is 5.32 Å². The van der Waals surface area contributed by atoms with Crippen molar-refractivity contribution in [3.63, 3.8) is 0 Å². The molecule has 2 rings (SSSR count). The summed E-state index contributed by atoms with van der Waals surface area (Å²) in [5.41, 5.74) is 6.98. The van der Waals surface area contributed by atoms with Crippen LogP contribution in [0.3, 0.4) is 0 Å². The lowest BCUT2D eigenvalue weighted by Gasteiger charge is -2.15. The summed E-state index contributed by atoms with van der Waals surface area (Å²) < 4.78 is 13.2. The lowest BCUT2D eigenvalue weighted by molar-refractivity contribution is -0.127. The van der Waals surface area contributed by atoms with Crippen LogP contribution in [0.5, 0.6) is 0 Å². The lowest BCUT2D eigenvalue weighted by atomic mass is 10.0. The van der Waals surface area contributed by atoms with Gasteiger partial charge in [0.25, 0.3) is 0 Å². The molecule has 5 heteroatoms. The molecule has 0 unspecified atom stereocenters. The SMILES string of the molecule is NC(=O)[C@H](Cc1cccc(F)c1)NC(=O)CCc1ccccc1. The summed E-state index contributed by atoms with van der Waals surface area (Å²) in [7, 11) is 0. The minimum atomic E-state index is -0.847. The van der Waals surface area contributed by atoms with Gasteiger partial charge in [-0.15, -0.1) is 0 Å². The molecule has 2 aromatic rings. The average molecular weight is 314 g/mol. The molecule has 0 radical (unpaired) electrons. The molecule has 2 amide bonds. The number of halogens is 1. The van der Waals surface area contributed by atoms with Crippen molar-refractivity contribution >= 4 is 11.8 Å². The van der Waals surface area contributed by atoms with E-state index in [0.29, 0.717) is 12.0 Å². The van der Waals surface area contributed by atoms with E-state index in [1.54, 1.807) is 12.1 Å². The molecule has 120 valence electrons. The molecule has 1 atom stereocenters. The summed E-state index contributed by atoms with van der Waals surface area (Å²) in [6.07, 6.45) is 1.01. The maximum Gasteiger partial charge on any atom is 0.240 e. The van der Waals surface area contributed by atoms with Gasteiger partial charge in [0.05, 0.1) is 0 Å². The number of amides is 2. The second kappa shape index (κ2) is 8.08. The predicted octanol–water partition coefficient (Wildman–Crippen LogP) is 1.97. The Labute approximate surface area is 134 Å². The van der Waals surface area contributed by atoms with E-state index in [1.165, 1.54) is 12.1 Å². The Bertz CT molecular complexity index is 674. The highest BCUT2D eigenvalue weighted by Crippen LogP contribution is 2.07. The molecule has 3 N–H and O–H groups in total. The smallest absolute Gasteiger partial charge is 0.240 e. The summed E-state index contributed by atoms with van der Waals surface area (Å²) in [5.74, 6) is -1.28. The molecule has 4 nitrogen and oxygen atoms in total. The Morgan fingerprint density at radius 1 is 1.04 bits per heavy atom. The van der Waals surface area contributed by atoms with Crippen LogP contribution >= 0.6 is 0 Å². The van der Waals surface area contributed by atoms with Gasteiger partial charge < -0.3 is 11.1 Å². The fourth-order valence-corrected chi connectivity index (χ4v) is 2.29. The highest BCUT2D eigenvalue weighted by Gasteiger charge is 2.18. The maximum absolute atomic E-state index is 13.2. The third kappa shape index (κ3) is 5.54. The number of aryl methyl sites for hydroxylation is 1. The zero-order valence-corrected chi connectivity index (χ0v) is 12.7. The predicted molar refractivity (Wildman–Crippen MR) is 86.0 cm³/mol. The van der Waals surface area contributed by atoms with Gasteiger partial charge in [0.15, 0.2) is 0 Å². The summed E-state index contributed by atoms with van der Waals surface area (Å²) in [4.78, 5) is 23.5. The van der Waals surface area contributed by atoms with E-state index >= 15 is 0 Å². The van der Waals surface area contributed by atoms with Crippen LogP contribution in [0, 0.1) is 5.82 Å². The maximum atomic E-state index is 13.2. The van der Waals surface area contributed by atoms with E-state index in [1.807, 2.05) is 30.3 Å². The Balaban J connectivity index is 1.91. The Morgan fingerprint density at radius 2 is 1.74 bits per heavy atom. The molecule has 0 aliphatic carbocycles. The standard InChI is InChI=1S/C18H19FN2O2/c19-15-8-4-7-14(11-15)12-16(18(20)23)21-17(22)10-9-13-5-2-1-3-6-13/h1-8,11,16H,9-10,12H2,(H2,20,23)(H,21,22)/t16-/m0/s1. The Hall–Kier alpha value is -2.69. The van der Waals surface area contributed by atoms with Gasteiger partial charge in [-0.2, -0.15) is 0 Å². The largest absolute Gasteiger partial charge is 0.368 e. The molecule has 0 saturated carbocycles. The molecule has 0 aliphatic rings. The minimum absolute atomic E-state index is 0.171. The van der Waals surface area contributed by atoms with Crippen LogP contribution in [0.2, 0.25) is 0 Å². The molecule has 0 saturated heterocycles. The topological polar surface area (TPSA) is 72.2 Å². The second-order valence-electron chi connectivity index (χ2n) is 5.34. The van der Waals surface area contributed by atoms with Gasteiger partial charge >= 0.3 is 0 Å². The van der Waals surface area contributed by atoms with Crippen molar-refractivity contribution < 1.29 is 14.0 Å². The van der Waals surface area contributed by atoms with Crippen LogP contribution in [0.1, 0.15) is 17.5 Å². The number of primary amides is 1. The summed E-state index contributed by atoms with van der Waals surface area (Å²) in [6.45, 7) is 0. The zero-order chi connectivity index (χ0) is 16.7. The van der Waals surface area contributed by atoms with Crippen LogP contribution < -0.4 is 11.1 Å². The van der Waals surface area contributed by atoms with Crippen LogP contribution in [-0.2, 0) is 22.4 Å².